The first-order chi connectivity index (χ1) is 16.6. The molecule has 2 aliphatic heterocycles. The van der Waals surface area contributed by atoms with Crippen LogP contribution in [0.1, 0.15) is 40.8 Å². The average molecular weight is 461 g/mol. The predicted octanol–water partition coefficient (Wildman–Crippen LogP) is 4.30. The van der Waals surface area contributed by atoms with E-state index in [1.165, 1.54) is 22.3 Å². The Balaban J connectivity index is 1.15. The van der Waals surface area contributed by atoms with Crippen molar-refractivity contribution in [3.63, 3.8) is 0 Å². The molecule has 1 fully saturated rings. The Hall–Kier alpha value is -2.67. The molecule has 3 heterocycles. The van der Waals surface area contributed by atoms with Crippen molar-refractivity contribution in [2.24, 2.45) is 7.05 Å². The van der Waals surface area contributed by atoms with E-state index < -0.39 is 0 Å². The fourth-order valence-electron chi connectivity index (χ4n) is 5.06. The zero-order valence-corrected chi connectivity index (χ0v) is 20.4. The van der Waals surface area contributed by atoms with Crippen LogP contribution >= 0.6 is 0 Å². The van der Waals surface area contributed by atoms with E-state index in [0.717, 1.165) is 70.2 Å². The molecule has 5 rings (SSSR count). The van der Waals surface area contributed by atoms with Crippen LogP contribution in [0.2, 0.25) is 0 Å². The van der Waals surface area contributed by atoms with Crippen molar-refractivity contribution in [1.29, 1.82) is 0 Å². The Morgan fingerprint density at radius 1 is 0.971 bits per heavy atom. The first-order valence-electron chi connectivity index (χ1n) is 12.5. The number of fused-ring (bicyclic) bond motifs is 1. The molecule has 0 saturated carbocycles. The molecule has 180 valence electrons. The lowest BCUT2D eigenvalue weighted by atomic mass is 10.0. The fourth-order valence-corrected chi connectivity index (χ4v) is 5.06. The Morgan fingerprint density at radius 2 is 1.79 bits per heavy atom. The number of benzene rings is 2. The third kappa shape index (κ3) is 5.87. The molecular weight excluding hydrogens is 424 g/mol. The minimum atomic E-state index is 0.362. The summed E-state index contributed by atoms with van der Waals surface area (Å²) in [6.07, 6.45) is 4.69. The van der Waals surface area contributed by atoms with E-state index in [2.05, 4.69) is 76.6 Å². The first kappa shape index (κ1) is 23.1. The van der Waals surface area contributed by atoms with Gasteiger partial charge in [-0.3, -0.25) is 14.5 Å². The van der Waals surface area contributed by atoms with E-state index in [1.807, 2.05) is 11.7 Å². The lowest BCUT2D eigenvalue weighted by Gasteiger charge is -2.32. The van der Waals surface area contributed by atoms with Crippen LogP contribution in [0.25, 0.3) is 0 Å². The van der Waals surface area contributed by atoms with Crippen molar-refractivity contribution >= 4 is 0 Å². The second-order valence-electron chi connectivity index (χ2n) is 9.69. The van der Waals surface area contributed by atoms with E-state index in [9.17, 15) is 0 Å². The molecule has 0 atom stereocenters. The van der Waals surface area contributed by atoms with Crippen LogP contribution in [-0.4, -0.2) is 51.9 Å². The number of piperidine rings is 1. The fraction of sp³-hybridized carbons (Fsp3) is 0.464. The highest BCUT2D eigenvalue weighted by Gasteiger charge is 2.21. The minimum absolute atomic E-state index is 0.362. The summed E-state index contributed by atoms with van der Waals surface area (Å²) in [5, 5.41) is 4.50. The number of hydrogen-bond acceptors (Lipinski definition) is 5. The molecule has 0 N–H and O–H groups in total. The molecular formula is C28H36N4O2. The molecule has 0 amide bonds. The lowest BCUT2D eigenvalue weighted by Crippen LogP contribution is -2.36. The van der Waals surface area contributed by atoms with Crippen LogP contribution < -0.4 is 4.74 Å². The van der Waals surface area contributed by atoms with Crippen LogP contribution in [0.4, 0.5) is 0 Å². The summed E-state index contributed by atoms with van der Waals surface area (Å²) in [6, 6.07) is 17.2. The van der Waals surface area contributed by atoms with Crippen LogP contribution in [0.15, 0.2) is 54.7 Å². The molecule has 6 heteroatoms. The summed E-state index contributed by atoms with van der Waals surface area (Å²) < 4.78 is 14.2. The summed E-state index contributed by atoms with van der Waals surface area (Å²) in [5.41, 5.74) is 6.31. The van der Waals surface area contributed by atoms with Crippen LogP contribution in [-0.2, 0) is 38.0 Å². The maximum atomic E-state index is 6.17. The Labute approximate surface area is 203 Å². The number of nitrogens with zero attached hydrogens (tertiary/aromatic N) is 4. The second kappa shape index (κ2) is 10.7. The van der Waals surface area contributed by atoms with Gasteiger partial charge < -0.3 is 9.47 Å². The number of aromatic nitrogens is 2. The third-order valence-corrected chi connectivity index (χ3v) is 6.96. The molecule has 0 aliphatic carbocycles. The highest BCUT2D eigenvalue weighted by atomic mass is 16.5. The van der Waals surface area contributed by atoms with Crippen molar-refractivity contribution in [2.45, 2.75) is 52.1 Å². The third-order valence-electron chi connectivity index (χ3n) is 6.96. The zero-order valence-electron chi connectivity index (χ0n) is 20.4. The van der Waals surface area contributed by atoms with Crippen molar-refractivity contribution in [2.75, 3.05) is 26.2 Å². The van der Waals surface area contributed by atoms with Crippen molar-refractivity contribution in [1.82, 2.24) is 19.6 Å². The van der Waals surface area contributed by atoms with Gasteiger partial charge in [-0.05, 0) is 43.0 Å². The molecule has 2 aliphatic rings. The molecule has 0 radical (unpaired) electrons. The van der Waals surface area contributed by atoms with E-state index >= 15 is 0 Å². The van der Waals surface area contributed by atoms with E-state index in [-0.39, 0.29) is 0 Å². The normalized spacial score (nSPS) is 17.8. The number of ether oxygens (including phenoxy) is 2. The molecule has 6 nitrogen and oxygen atoms in total. The lowest BCUT2D eigenvalue weighted by molar-refractivity contribution is -0.00394. The van der Waals surface area contributed by atoms with Crippen LogP contribution in [0, 0.1) is 6.92 Å². The van der Waals surface area contributed by atoms with Gasteiger partial charge in [0.2, 0.25) is 0 Å². The van der Waals surface area contributed by atoms with Gasteiger partial charge in [0, 0.05) is 63.6 Å². The molecule has 2 aromatic carbocycles. The van der Waals surface area contributed by atoms with Gasteiger partial charge >= 0.3 is 0 Å². The van der Waals surface area contributed by atoms with Gasteiger partial charge in [0.25, 0.3) is 0 Å². The Kier molecular flexibility index (Phi) is 7.28. The quantitative estimate of drug-likeness (QED) is 0.526. The van der Waals surface area contributed by atoms with Gasteiger partial charge in [-0.25, -0.2) is 0 Å². The average Bonchev–Trinajstić information content (AvgIpc) is 3.03. The second-order valence-corrected chi connectivity index (χ2v) is 9.69. The molecule has 34 heavy (non-hydrogen) atoms. The number of rotatable bonds is 7. The maximum absolute atomic E-state index is 6.17. The molecule has 1 saturated heterocycles. The largest absolute Gasteiger partial charge is 0.492 e. The first-order valence-corrected chi connectivity index (χ1v) is 12.5. The Bertz CT molecular complexity index is 1070. The minimum Gasteiger partial charge on any atom is -0.492 e. The highest BCUT2D eigenvalue weighted by molar-refractivity contribution is 5.38. The summed E-state index contributed by atoms with van der Waals surface area (Å²) in [7, 11) is 1.99. The topological polar surface area (TPSA) is 42.8 Å². The summed E-state index contributed by atoms with van der Waals surface area (Å²) in [6.45, 7) is 9.42. The van der Waals surface area contributed by atoms with Gasteiger partial charge in [0.15, 0.2) is 0 Å². The molecule has 3 aromatic rings. The number of likely N-dealkylation sites (tertiary alicyclic amines) is 1. The SMILES string of the molecule is Cc1nn(C)cc1CN1CCOc2ccc(CN3CCC(OCc4ccccc4)CC3)cc2C1. The van der Waals surface area contributed by atoms with Crippen molar-refractivity contribution in [3.8, 4) is 5.75 Å². The van der Waals surface area contributed by atoms with Crippen molar-refractivity contribution < 1.29 is 9.47 Å². The number of hydrogen-bond donors (Lipinski definition) is 0. The summed E-state index contributed by atoms with van der Waals surface area (Å²) >= 11 is 0. The highest BCUT2D eigenvalue weighted by Crippen LogP contribution is 2.27. The summed E-state index contributed by atoms with van der Waals surface area (Å²) in [5.74, 6) is 1.03. The summed E-state index contributed by atoms with van der Waals surface area (Å²) in [4.78, 5) is 5.02. The molecule has 1 aromatic heterocycles. The van der Waals surface area contributed by atoms with Crippen LogP contribution in [0.5, 0.6) is 5.75 Å². The Morgan fingerprint density at radius 3 is 2.56 bits per heavy atom. The van der Waals surface area contributed by atoms with E-state index in [4.69, 9.17) is 9.47 Å². The monoisotopic (exact) mass is 460 g/mol. The van der Waals surface area contributed by atoms with Gasteiger partial charge in [-0.2, -0.15) is 5.10 Å². The van der Waals surface area contributed by atoms with E-state index in [1.54, 1.807) is 0 Å². The van der Waals surface area contributed by atoms with Gasteiger partial charge in [-0.1, -0.05) is 36.4 Å². The number of aryl methyl sites for hydroxylation is 2. The smallest absolute Gasteiger partial charge is 0.123 e. The predicted molar refractivity (Wildman–Crippen MR) is 134 cm³/mol. The van der Waals surface area contributed by atoms with Crippen LogP contribution in [0.3, 0.4) is 0 Å². The standard InChI is InChI=1S/C28H36N4O2/c1-22-26(18-30(2)29-22)20-32-14-15-33-28-9-8-24(16-25(28)19-32)17-31-12-10-27(11-13-31)34-21-23-6-4-3-5-7-23/h3-9,16,18,27H,10-15,17,19-21H2,1-2H3. The van der Waals surface area contributed by atoms with Crippen molar-refractivity contribution in [3.05, 3.63) is 82.7 Å². The van der Waals surface area contributed by atoms with E-state index in [0.29, 0.717) is 12.7 Å². The van der Waals surface area contributed by atoms with Gasteiger partial charge in [-0.15, -0.1) is 0 Å². The van der Waals surface area contributed by atoms with Gasteiger partial charge in [0.1, 0.15) is 12.4 Å². The van der Waals surface area contributed by atoms with Gasteiger partial charge in [0.05, 0.1) is 18.4 Å². The molecule has 0 spiro atoms. The molecule has 0 bridgehead atoms. The zero-order chi connectivity index (χ0) is 23.3. The molecule has 0 unspecified atom stereocenters. The maximum Gasteiger partial charge on any atom is 0.123 e.